The van der Waals surface area contributed by atoms with Crippen LogP contribution in [0, 0.1) is 10.1 Å². The highest BCUT2D eigenvalue weighted by Crippen LogP contribution is 2.30. The molecule has 9 nitrogen and oxygen atoms in total. The molecule has 9 heteroatoms. The molecule has 5 rings (SSSR count). The molecule has 2 heterocycles. The molecule has 0 unspecified atom stereocenters. The van der Waals surface area contributed by atoms with Crippen molar-refractivity contribution in [1.82, 2.24) is 14.1 Å². The summed E-state index contributed by atoms with van der Waals surface area (Å²) in [6.45, 7) is 0.522. The summed E-state index contributed by atoms with van der Waals surface area (Å²) in [6, 6.07) is 27.1. The molecule has 36 heavy (non-hydrogen) atoms. The van der Waals surface area contributed by atoms with E-state index >= 15 is 0 Å². The molecule has 0 saturated heterocycles. The molecule has 0 aliphatic rings. The van der Waals surface area contributed by atoms with Crippen LogP contribution in [-0.2, 0) is 20.3 Å². The van der Waals surface area contributed by atoms with E-state index in [1.807, 2.05) is 60.7 Å². The Bertz CT molecular complexity index is 1590. The highest BCUT2D eigenvalue weighted by molar-refractivity contribution is 5.87. The van der Waals surface area contributed by atoms with Gasteiger partial charge in [-0.1, -0.05) is 66.7 Å². The summed E-state index contributed by atoms with van der Waals surface area (Å²) >= 11 is 0. The average molecular weight is 482 g/mol. The lowest BCUT2D eigenvalue weighted by Gasteiger charge is -2.14. The van der Waals surface area contributed by atoms with Crippen molar-refractivity contribution in [3.63, 3.8) is 0 Å². The molecule has 0 bridgehead atoms. The van der Waals surface area contributed by atoms with E-state index in [1.54, 1.807) is 24.3 Å². The van der Waals surface area contributed by atoms with Crippen molar-refractivity contribution in [1.29, 1.82) is 0 Å². The molecule has 0 fully saturated rings. The number of pyridine rings is 1. The first-order chi connectivity index (χ1) is 17.5. The summed E-state index contributed by atoms with van der Waals surface area (Å²) in [7, 11) is 1.50. The molecular weight excluding hydrogens is 460 g/mol. The second-order valence-corrected chi connectivity index (χ2v) is 8.10. The van der Waals surface area contributed by atoms with Gasteiger partial charge in [0.15, 0.2) is 0 Å². The Hall–Kier alpha value is -4.92. The smallest absolute Gasteiger partial charge is 0.333 e. The van der Waals surface area contributed by atoms with Crippen LogP contribution in [0.4, 0.5) is 5.69 Å². The van der Waals surface area contributed by atoms with Crippen LogP contribution in [-0.4, -0.2) is 19.0 Å². The first kappa shape index (κ1) is 22.9. The van der Waals surface area contributed by atoms with Gasteiger partial charge in [-0.3, -0.25) is 19.2 Å². The fraction of sp³-hybridized carbons (Fsp3) is 0.111. The number of rotatable bonds is 8. The Morgan fingerprint density at radius 2 is 1.47 bits per heavy atom. The normalized spacial score (nSPS) is 10.9. The Morgan fingerprint density at radius 3 is 2.11 bits per heavy atom. The number of hydrogen-bond donors (Lipinski definition) is 0. The van der Waals surface area contributed by atoms with Crippen LogP contribution in [0.2, 0.25) is 0 Å². The fourth-order valence-electron chi connectivity index (χ4n) is 4.00. The van der Waals surface area contributed by atoms with Gasteiger partial charge in [0.2, 0.25) is 11.8 Å². The summed E-state index contributed by atoms with van der Waals surface area (Å²) in [6.07, 6.45) is 0. The van der Waals surface area contributed by atoms with Crippen LogP contribution in [0.25, 0.3) is 16.7 Å². The van der Waals surface area contributed by atoms with Gasteiger partial charge in [0.05, 0.1) is 10.4 Å². The van der Waals surface area contributed by atoms with E-state index in [0.717, 1.165) is 11.1 Å². The van der Waals surface area contributed by atoms with Crippen LogP contribution >= 0.6 is 0 Å². The fourth-order valence-corrected chi connectivity index (χ4v) is 4.00. The molecule has 5 aromatic rings. The average Bonchev–Trinajstić information content (AvgIpc) is 3.17. The predicted molar refractivity (Wildman–Crippen MR) is 135 cm³/mol. The Labute approximate surface area is 205 Å². The quantitative estimate of drug-likeness (QED) is 0.233. The Morgan fingerprint density at radius 1 is 0.833 bits per heavy atom. The first-order valence-corrected chi connectivity index (χ1v) is 11.2. The molecular formula is C27H22N4O5. The number of nitro benzene ring substituents is 1. The van der Waals surface area contributed by atoms with Crippen molar-refractivity contribution in [2.45, 2.75) is 13.2 Å². The Balaban J connectivity index is 1.59. The van der Waals surface area contributed by atoms with Crippen LogP contribution in [0.15, 0.2) is 95.8 Å². The number of imidazole rings is 1. The van der Waals surface area contributed by atoms with Gasteiger partial charge in [-0.05, 0) is 23.3 Å². The number of nitro groups is 1. The predicted octanol–water partition coefficient (Wildman–Crippen LogP) is 4.79. The zero-order valence-corrected chi connectivity index (χ0v) is 19.4. The SMILES string of the molecule is Cn1c(=O)n(-c2ccc(OCc3ccccc3)nc2OCc2ccccc2)c2cccc([N+](=O)[O-])c21. The van der Waals surface area contributed by atoms with Crippen LogP contribution in [0.1, 0.15) is 11.1 Å². The van der Waals surface area contributed by atoms with Gasteiger partial charge < -0.3 is 9.47 Å². The zero-order chi connectivity index (χ0) is 25.1. The van der Waals surface area contributed by atoms with Crippen molar-refractivity contribution >= 4 is 16.7 Å². The number of non-ortho nitro benzene ring substituents is 1. The van der Waals surface area contributed by atoms with Crippen LogP contribution < -0.4 is 15.2 Å². The van der Waals surface area contributed by atoms with Gasteiger partial charge in [0.25, 0.3) is 5.69 Å². The second-order valence-electron chi connectivity index (χ2n) is 8.10. The van der Waals surface area contributed by atoms with Gasteiger partial charge in [-0.2, -0.15) is 4.98 Å². The summed E-state index contributed by atoms with van der Waals surface area (Å²) in [5, 5.41) is 11.6. The van der Waals surface area contributed by atoms with E-state index in [1.165, 1.54) is 22.2 Å². The van der Waals surface area contributed by atoms with Crippen molar-refractivity contribution < 1.29 is 14.4 Å². The lowest BCUT2D eigenvalue weighted by Crippen LogP contribution is -2.21. The first-order valence-electron chi connectivity index (χ1n) is 11.2. The van der Waals surface area contributed by atoms with Crippen LogP contribution in [0.5, 0.6) is 11.8 Å². The lowest BCUT2D eigenvalue weighted by molar-refractivity contribution is -0.383. The van der Waals surface area contributed by atoms with E-state index in [-0.39, 0.29) is 23.7 Å². The number of benzene rings is 3. The third-order valence-electron chi connectivity index (χ3n) is 5.75. The van der Waals surface area contributed by atoms with Gasteiger partial charge in [-0.15, -0.1) is 0 Å². The molecule has 180 valence electrons. The number of ether oxygens (including phenoxy) is 2. The van der Waals surface area contributed by atoms with Gasteiger partial charge in [-0.25, -0.2) is 4.79 Å². The number of fused-ring (bicyclic) bond motifs is 1. The highest BCUT2D eigenvalue weighted by Gasteiger charge is 2.23. The topological polar surface area (TPSA) is 101 Å². The van der Waals surface area contributed by atoms with Gasteiger partial charge in [0, 0.05) is 19.2 Å². The summed E-state index contributed by atoms with van der Waals surface area (Å²) in [5.74, 6) is 0.496. The minimum atomic E-state index is -0.502. The minimum Gasteiger partial charge on any atom is -0.473 e. The Kier molecular flexibility index (Phi) is 6.19. The number of para-hydroxylation sites is 1. The molecule has 0 aliphatic heterocycles. The monoisotopic (exact) mass is 482 g/mol. The van der Waals surface area contributed by atoms with Crippen molar-refractivity contribution in [2.75, 3.05) is 0 Å². The number of aryl methyl sites for hydroxylation is 1. The maximum Gasteiger partial charge on any atom is 0.333 e. The maximum absolute atomic E-state index is 13.3. The minimum absolute atomic E-state index is 0.159. The van der Waals surface area contributed by atoms with Gasteiger partial charge in [0.1, 0.15) is 24.4 Å². The number of hydrogen-bond acceptors (Lipinski definition) is 6. The lowest BCUT2D eigenvalue weighted by atomic mass is 10.2. The third-order valence-corrected chi connectivity index (χ3v) is 5.75. The van der Waals surface area contributed by atoms with Crippen molar-refractivity contribution in [3.8, 4) is 17.4 Å². The number of aromatic nitrogens is 3. The molecule has 0 atom stereocenters. The third kappa shape index (κ3) is 4.41. The largest absolute Gasteiger partial charge is 0.473 e. The van der Waals surface area contributed by atoms with E-state index in [9.17, 15) is 14.9 Å². The summed E-state index contributed by atoms with van der Waals surface area (Å²) < 4.78 is 14.6. The molecule has 0 N–H and O–H groups in total. The molecule has 2 aromatic heterocycles. The molecule has 0 aliphatic carbocycles. The molecule has 0 saturated carbocycles. The summed E-state index contributed by atoms with van der Waals surface area (Å²) in [5.41, 5.74) is 2.23. The molecule has 0 spiro atoms. The second kappa shape index (κ2) is 9.75. The summed E-state index contributed by atoms with van der Waals surface area (Å²) in [4.78, 5) is 28.9. The van der Waals surface area contributed by atoms with Crippen LogP contribution in [0.3, 0.4) is 0 Å². The molecule has 0 amide bonds. The maximum atomic E-state index is 13.3. The van der Waals surface area contributed by atoms with E-state index in [4.69, 9.17) is 9.47 Å². The van der Waals surface area contributed by atoms with E-state index in [0.29, 0.717) is 23.7 Å². The highest BCUT2D eigenvalue weighted by atomic mass is 16.6. The van der Waals surface area contributed by atoms with Crippen molar-refractivity contribution in [3.05, 3.63) is 123 Å². The van der Waals surface area contributed by atoms with Crippen molar-refractivity contribution in [2.24, 2.45) is 7.05 Å². The molecule has 3 aromatic carbocycles. The van der Waals surface area contributed by atoms with Gasteiger partial charge >= 0.3 is 5.69 Å². The number of nitrogens with zero attached hydrogens (tertiary/aromatic N) is 4. The van der Waals surface area contributed by atoms with E-state index in [2.05, 4.69) is 4.98 Å². The zero-order valence-electron chi connectivity index (χ0n) is 19.4. The molecule has 0 radical (unpaired) electrons. The standard InChI is InChI=1S/C27H22N4O5/c1-29-25-21(13-8-14-22(25)31(33)34)30(27(29)32)23-15-16-24(35-17-19-9-4-2-5-10-19)28-26(23)36-18-20-11-6-3-7-12-20/h2-16H,17-18H2,1H3. The van der Waals surface area contributed by atoms with E-state index < -0.39 is 10.6 Å².